The Hall–Kier alpha value is -5.46. The number of aromatic nitrogens is 1. The zero-order valence-electron chi connectivity index (χ0n) is 30.8. The second-order valence-corrected chi connectivity index (χ2v) is 14.3. The molecule has 3 aliphatic rings. The molecule has 0 radical (unpaired) electrons. The van der Waals surface area contributed by atoms with Gasteiger partial charge in [-0.05, 0) is 85.5 Å². The molecule has 53 heavy (non-hydrogen) atoms. The first-order chi connectivity index (χ1) is 25.5. The van der Waals surface area contributed by atoms with Crippen LogP contribution >= 0.6 is 0 Å². The van der Waals surface area contributed by atoms with E-state index in [-0.39, 0.29) is 49.4 Å². The summed E-state index contributed by atoms with van der Waals surface area (Å²) in [5, 5.41) is 11.5. The van der Waals surface area contributed by atoms with E-state index >= 15 is 0 Å². The van der Waals surface area contributed by atoms with Crippen LogP contribution in [0, 0.1) is 11.8 Å². The van der Waals surface area contributed by atoms with E-state index in [1.54, 1.807) is 68.8 Å². The number of carbonyl (C=O) groups is 5. The molecule has 3 aromatic rings. The number of hydrogen-bond acceptors (Lipinski definition) is 8. The Bertz CT molecular complexity index is 1710. The highest BCUT2D eigenvalue weighted by Crippen LogP contribution is 2.30. The minimum Gasteiger partial charge on any atom is -0.497 e. The van der Waals surface area contributed by atoms with Gasteiger partial charge in [0.1, 0.15) is 36.2 Å². The molecule has 13 nitrogen and oxygen atoms in total. The molecular weight excluding hydrogens is 676 g/mol. The largest absolute Gasteiger partial charge is 0.497 e. The average molecular weight is 727 g/mol. The van der Waals surface area contributed by atoms with E-state index in [0.717, 1.165) is 24.0 Å². The van der Waals surface area contributed by atoms with E-state index in [1.165, 1.54) is 11.1 Å². The van der Waals surface area contributed by atoms with E-state index in [0.29, 0.717) is 30.4 Å². The van der Waals surface area contributed by atoms with Gasteiger partial charge in [0.2, 0.25) is 23.6 Å². The maximum atomic E-state index is 14.1. The van der Waals surface area contributed by atoms with Gasteiger partial charge in [0.05, 0.1) is 25.3 Å². The summed E-state index contributed by atoms with van der Waals surface area (Å²) >= 11 is 0. The Morgan fingerprint density at radius 3 is 2.36 bits per heavy atom. The van der Waals surface area contributed by atoms with Crippen molar-refractivity contribution in [3.8, 4) is 11.5 Å². The Labute approximate surface area is 310 Å². The van der Waals surface area contributed by atoms with Crippen molar-refractivity contribution >= 4 is 29.5 Å². The van der Waals surface area contributed by atoms with Crippen LogP contribution < -0.4 is 30.7 Å². The van der Waals surface area contributed by atoms with Gasteiger partial charge < -0.3 is 35.6 Å². The molecule has 2 bridgehead atoms. The monoisotopic (exact) mass is 726 g/mol. The SMILES string of the molecule is COc1ccc(C[C@@H]2NC(=O)[C@@H](NC(=O)c3cccnc3)Cc3ccc(cc3)OC[C@H](CC(C)C)NC(=O)CN(CC3CC3)C(=O)[C@@H](C)NC2=O)cc1. The van der Waals surface area contributed by atoms with Crippen molar-refractivity contribution in [2.24, 2.45) is 11.8 Å². The number of ether oxygens (including phenoxy) is 2. The van der Waals surface area contributed by atoms with Gasteiger partial charge in [0, 0.05) is 31.8 Å². The van der Waals surface area contributed by atoms with Crippen LogP contribution in [0.5, 0.6) is 11.5 Å². The number of pyridine rings is 1. The Balaban J connectivity index is 1.47. The molecule has 0 saturated heterocycles. The fraction of sp³-hybridized carbons (Fsp3) is 0.450. The zero-order valence-corrected chi connectivity index (χ0v) is 30.8. The van der Waals surface area contributed by atoms with Crippen LogP contribution in [0.4, 0.5) is 0 Å². The predicted molar refractivity (Wildman–Crippen MR) is 198 cm³/mol. The number of methoxy groups -OCH3 is 1. The predicted octanol–water partition coefficient (Wildman–Crippen LogP) is 2.83. The molecule has 1 aromatic heterocycles. The van der Waals surface area contributed by atoms with Crippen molar-refractivity contribution in [1.82, 2.24) is 31.2 Å². The highest BCUT2D eigenvalue weighted by atomic mass is 16.5. The third kappa shape index (κ3) is 11.8. The topological polar surface area (TPSA) is 168 Å². The highest BCUT2D eigenvalue weighted by molar-refractivity contribution is 5.99. The molecule has 1 aliphatic carbocycles. The first kappa shape index (κ1) is 38.8. The number of hydrogen-bond donors (Lipinski definition) is 4. The number of benzene rings is 2. The molecule has 4 N–H and O–H groups in total. The standard InChI is InChI=1S/C40H50N6O7/c1-25(2)18-31-24-53-33-15-11-28(12-16-33)20-35(44-37(48)30-6-5-17-41-21-30)39(50)45-34(19-27-9-13-32(52-4)14-10-27)38(49)42-26(3)40(51)46(22-29-7-8-29)23-36(47)43-31/h5-6,9-17,21,25-26,29,31,34-35H,7-8,18-20,22-24H2,1-4H3,(H,42,49)(H,43,47)(H,44,48)(H,45,50)/t26-,31+,34+,35+/m1/s1. The lowest BCUT2D eigenvalue weighted by Crippen LogP contribution is -2.58. The number of nitrogens with zero attached hydrogens (tertiary/aromatic N) is 2. The number of rotatable bonds is 9. The van der Waals surface area contributed by atoms with Crippen LogP contribution in [0.3, 0.4) is 0 Å². The van der Waals surface area contributed by atoms with Crippen LogP contribution in [0.2, 0.25) is 0 Å². The minimum absolute atomic E-state index is 0.0865. The van der Waals surface area contributed by atoms with Crippen molar-refractivity contribution < 1.29 is 33.4 Å². The molecule has 0 unspecified atom stereocenters. The van der Waals surface area contributed by atoms with Crippen molar-refractivity contribution in [2.75, 3.05) is 26.8 Å². The second kappa shape index (κ2) is 18.3. The summed E-state index contributed by atoms with van der Waals surface area (Å²) < 4.78 is 11.4. The van der Waals surface area contributed by atoms with Crippen molar-refractivity contribution in [1.29, 1.82) is 0 Å². The molecule has 4 atom stereocenters. The molecule has 0 spiro atoms. The van der Waals surface area contributed by atoms with E-state index < -0.39 is 41.8 Å². The molecular formula is C40H50N6O7. The third-order valence-corrected chi connectivity index (χ3v) is 9.26. The van der Waals surface area contributed by atoms with Crippen LogP contribution in [0.1, 0.15) is 61.5 Å². The number of fused-ring (bicyclic) bond motifs is 17. The van der Waals surface area contributed by atoms with E-state index in [4.69, 9.17) is 9.47 Å². The lowest BCUT2D eigenvalue weighted by molar-refractivity contribution is -0.140. The van der Waals surface area contributed by atoms with Gasteiger partial charge in [-0.15, -0.1) is 0 Å². The summed E-state index contributed by atoms with van der Waals surface area (Å²) in [6.45, 7) is 6.15. The zero-order chi connectivity index (χ0) is 37.9. The molecule has 1 saturated carbocycles. The quantitative estimate of drug-likeness (QED) is 0.244. The molecule has 2 aliphatic heterocycles. The summed E-state index contributed by atoms with van der Waals surface area (Å²) in [5.41, 5.74) is 1.74. The van der Waals surface area contributed by atoms with E-state index in [9.17, 15) is 24.0 Å². The summed E-state index contributed by atoms with van der Waals surface area (Å²) in [5.74, 6) is -0.625. The first-order valence-corrected chi connectivity index (χ1v) is 18.2. The molecule has 5 amide bonds. The normalized spacial score (nSPS) is 21.9. The smallest absolute Gasteiger partial charge is 0.253 e. The summed E-state index contributed by atoms with van der Waals surface area (Å²) in [6, 6.07) is 14.0. The van der Waals surface area contributed by atoms with Gasteiger partial charge in [0.15, 0.2) is 0 Å². The van der Waals surface area contributed by atoms with Gasteiger partial charge in [-0.1, -0.05) is 38.1 Å². The van der Waals surface area contributed by atoms with Crippen molar-refractivity contribution in [3.05, 3.63) is 89.7 Å². The van der Waals surface area contributed by atoms with Gasteiger partial charge in [0.25, 0.3) is 5.91 Å². The lowest BCUT2D eigenvalue weighted by Gasteiger charge is -2.29. The molecule has 3 heterocycles. The van der Waals surface area contributed by atoms with Crippen LogP contribution in [0.15, 0.2) is 73.1 Å². The summed E-state index contributed by atoms with van der Waals surface area (Å²) in [7, 11) is 1.55. The fourth-order valence-electron chi connectivity index (χ4n) is 6.26. The van der Waals surface area contributed by atoms with Crippen LogP contribution in [-0.2, 0) is 32.0 Å². The minimum atomic E-state index is -1.12. The van der Waals surface area contributed by atoms with E-state index in [2.05, 4.69) is 40.1 Å². The van der Waals surface area contributed by atoms with Gasteiger partial charge in [-0.25, -0.2) is 0 Å². The molecule has 6 rings (SSSR count). The second-order valence-electron chi connectivity index (χ2n) is 14.3. The maximum absolute atomic E-state index is 14.1. The molecule has 13 heteroatoms. The van der Waals surface area contributed by atoms with Crippen LogP contribution in [0.25, 0.3) is 0 Å². The molecule has 2 aromatic carbocycles. The maximum Gasteiger partial charge on any atom is 0.253 e. The molecule has 1 fully saturated rings. The van der Waals surface area contributed by atoms with Crippen molar-refractivity contribution in [3.63, 3.8) is 0 Å². The third-order valence-electron chi connectivity index (χ3n) is 9.26. The summed E-state index contributed by atoms with van der Waals surface area (Å²) in [6.07, 6.45) is 5.73. The number of carbonyl (C=O) groups excluding carboxylic acids is 5. The van der Waals surface area contributed by atoms with Gasteiger partial charge in [-0.3, -0.25) is 29.0 Å². The average Bonchev–Trinajstić information content (AvgIpc) is 3.97. The first-order valence-electron chi connectivity index (χ1n) is 18.2. The fourth-order valence-corrected chi connectivity index (χ4v) is 6.26. The van der Waals surface area contributed by atoms with Gasteiger partial charge in [-0.2, -0.15) is 0 Å². The Morgan fingerprint density at radius 1 is 0.981 bits per heavy atom. The van der Waals surface area contributed by atoms with Gasteiger partial charge >= 0.3 is 0 Å². The van der Waals surface area contributed by atoms with E-state index in [1.807, 2.05) is 12.1 Å². The highest BCUT2D eigenvalue weighted by Gasteiger charge is 2.33. The van der Waals surface area contributed by atoms with Crippen LogP contribution in [-0.4, -0.2) is 90.4 Å². The number of amides is 5. The van der Waals surface area contributed by atoms with Crippen molar-refractivity contribution in [2.45, 2.75) is 77.0 Å². The summed E-state index contributed by atoms with van der Waals surface area (Å²) in [4.78, 5) is 74.2. The number of nitrogens with one attached hydrogen (secondary N) is 4. The Kier molecular flexibility index (Phi) is 13.4. The molecule has 282 valence electrons. The Morgan fingerprint density at radius 2 is 1.72 bits per heavy atom. The lowest BCUT2D eigenvalue weighted by atomic mass is 10.0.